The maximum atomic E-state index is 11.1. The van der Waals surface area contributed by atoms with Crippen LogP contribution in [0.5, 0.6) is 0 Å². The first-order valence-corrected chi connectivity index (χ1v) is 6.22. The number of hydrogen-bond acceptors (Lipinski definition) is 2. The number of unbranched alkanes of at least 4 members (excludes halogenated alkanes) is 2. The number of quaternary nitrogens is 1. The average molecular weight is 241 g/mol. The van der Waals surface area contributed by atoms with Gasteiger partial charge in [0.2, 0.25) is 0 Å². The highest BCUT2D eigenvalue weighted by atomic mass is 16.5. The van der Waals surface area contributed by atoms with Gasteiger partial charge in [-0.3, -0.25) is 0 Å². The Balaban J connectivity index is 3.48. The minimum absolute atomic E-state index is 0.286. The van der Waals surface area contributed by atoms with Crippen molar-refractivity contribution in [2.45, 2.75) is 38.6 Å². The Bertz CT molecular complexity index is 253. The Morgan fingerprint density at radius 2 is 1.82 bits per heavy atom. The van der Waals surface area contributed by atoms with Gasteiger partial charge in [0, 0.05) is 12.5 Å². The molecule has 0 rings (SSSR count). The fourth-order valence-electron chi connectivity index (χ4n) is 1.33. The van der Waals surface area contributed by atoms with E-state index in [1.165, 1.54) is 0 Å². The smallest absolute Gasteiger partial charge is 0.333 e. The predicted octanol–water partition coefficient (Wildman–Crippen LogP) is 2.57. The van der Waals surface area contributed by atoms with Crippen LogP contribution in [0.1, 0.15) is 32.6 Å². The van der Waals surface area contributed by atoms with Crippen molar-refractivity contribution in [1.82, 2.24) is 0 Å². The number of carbonyl (C=O) groups excluding carboxylic acids is 1. The van der Waals surface area contributed by atoms with Crippen LogP contribution < -0.4 is 0 Å². The summed E-state index contributed by atoms with van der Waals surface area (Å²) in [6, 6.07) is 0.424. The van der Waals surface area contributed by atoms with Gasteiger partial charge in [-0.2, -0.15) is 0 Å². The highest BCUT2D eigenvalue weighted by molar-refractivity contribution is 5.86. The first-order chi connectivity index (χ1) is 7.75. The molecule has 0 heterocycles. The van der Waals surface area contributed by atoms with E-state index in [9.17, 15) is 4.79 Å². The lowest BCUT2D eigenvalue weighted by atomic mass is 10.1. The van der Waals surface area contributed by atoms with Crippen LogP contribution in [0.25, 0.3) is 0 Å². The van der Waals surface area contributed by atoms with Gasteiger partial charge in [-0.15, -0.1) is 0 Å². The van der Waals surface area contributed by atoms with E-state index in [1.54, 1.807) is 6.92 Å². The molecule has 99 valence electrons. The first-order valence-electron chi connectivity index (χ1n) is 6.22. The van der Waals surface area contributed by atoms with E-state index in [2.05, 4.69) is 34.6 Å². The molecule has 3 heteroatoms. The maximum Gasteiger partial charge on any atom is 0.333 e. The molecule has 0 saturated heterocycles. The summed E-state index contributed by atoms with van der Waals surface area (Å²) in [5.41, 5.74) is 0.466. The van der Waals surface area contributed by atoms with Crippen LogP contribution in [0.2, 0.25) is 0 Å². The second-order valence-corrected chi connectivity index (χ2v) is 5.54. The van der Waals surface area contributed by atoms with Crippen molar-refractivity contribution in [2.24, 2.45) is 0 Å². The molecule has 1 unspecified atom stereocenters. The van der Waals surface area contributed by atoms with Crippen molar-refractivity contribution in [1.29, 1.82) is 0 Å². The molecule has 0 aromatic rings. The molecule has 0 aliphatic carbocycles. The Labute approximate surface area is 106 Å². The Kier molecular flexibility index (Phi) is 7.12. The summed E-state index contributed by atoms with van der Waals surface area (Å²) in [5, 5.41) is 0. The lowest BCUT2D eigenvalue weighted by Crippen LogP contribution is -2.43. The molecule has 0 saturated carbocycles. The molecule has 3 nitrogen and oxygen atoms in total. The van der Waals surface area contributed by atoms with E-state index in [0.29, 0.717) is 18.2 Å². The van der Waals surface area contributed by atoms with Crippen molar-refractivity contribution in [3.05, 3.63) is 19.1 Å². The molecule has 0 aromatic heterocycles. The van der Waals surface area contributed by atoms with Crippen LogP contribution in [0.15, 0.2) is 12.2 Å². The number of nitrogens with zero attached hydrogens (tertiary/aromatic N) is 1. The van der Waals surface area contributed by atoms with Crippen molar-refractivity contribution in [3.8, 4) is 0 Å². The third-order valence-corrected chi connectivity index (χ3v) is 2.86. The van der Waals surface area contributed by atoms with Gasteiger partial charge in [0.15, 0.2) is 0 Å². The predicted molar refractivity (Wildman–Crippen MR) is 71.4 cm³/mol. The van der Waals surface area contributed by atoms with E-state index in [0.717, 1.165) is 30.2 Å². The molecule has 0 aliphatic rings. The largest absolute Gasteiger partial charge is 0.462 e. The molecule has 0 N–H and O–H groups in total. The summed E-state index contributed by atoms with van der Waals surface area (Å²) in [4.78, 5) is 11.1. The van der Waals surface area contributed by atoms with Crippen LogP contribution in [0.3, 0.4) is 0 Å². The zero-order valence-electron chi connectivity index (χ0n) is 11.8. The van der Waals surface area contributed by atoms with Crippen LogP contribution in [-0.2, 0) is 9.53 Å². The summed E-state index contributed by atoms with van der Waals surface area (Å²) in [5.74, 6) is -0.286. The normalized spacial score (nSPS) is 13.2. The van der Waals surface area contributed by atoms with Crippen LogP contribution in [0, 0.1) is 6.92 Å². The van der Waals surface area contributed by atoms with Gasteiger partial charge in [-0.05, 0) is 32.6 Å². The van der Waals surface area contributed by atoms with Gasteiger partial charge in [0.1, 0.15) is 0 Å². The quantitative estimate of drug-likeness (QED) is 0.282. The van der Waals surface area contributed by atoms with Gasteiger partial charge in [0.05, 0.1) is 33.8 Å². The maximum absolute atomic E-state index is 11.1. The molecule has 0 spiro atoms. The van der Waals surface area contributed by atoms with Gasteiger partial charge in [0.25, 0.3) is 0 Å². The molecule has 17 heavy (non-hydrogen) atoms. The van der Waals surface area contributed by atoms with E-state index < -0.39 is 0 Å². The zero-order valence-corrected chi connectivity index (χ0v) is 11.8. The topological polar surface area (TPSA) is 26.3 Å². The molecule has 0 amide bonds. The van der Waals surface area contributed by atoms with Gasteiger partial charge in [-0.1, -0.05) is 6.58 Å². The zero-order chi connectivity index (χ0) is 13.5. The fourth-order valence-corrected chi connectivity index (χ4v) is 1.33. The Morgan fingerprint density at radius 1 is 1.24 bits per heavy atom. The number of ether oxygens (including phenoxy) is 1. The van der Waals surface area contributed by atoms with Crippen LogP contribution in [-0.4, -0.2) is 44.2 Å². The minimum atomic E-state index is -0.286. The lowest BCUT2D eigenvalue weighted by Gasteiger charge is -2.31. The molecule has 0 fully saturated rings. The van der Waals surface area contributed by atoms with Crippen LogP contribution in [0.4, 0.5) is 0 Å². The Morgan fingerprint density at radius 3 is 2.29 bits per heavy atom. The SMILES string of the molecule is [CH2]C(CCCCCOC(=O)C(=C)C)[N+](C)(C)C. The summed E-state index contributed by atoms with van der Waals surface area (Å²) >= 11 is 0. The first kappa shape index (κ1) is 16.2. The van der Waals surface area contributed by atoms with Gasteiger partial charge >= 0.3 is 5.97 Å². The van der Waals surface area contributed by atoms with Crippen LogP contribution >= 0.6 is 0 Å². The Hall–Kier alpha value is -0.830. The highest BCUT2D eigenvalue weighted by Crippen LogP contribution is 2.11. The van der Waals surface area contributed by atoms with Crippen molar-refractivity contribution < 1.29 is 14.0 Å². The summed E-state index contributed by atoms with van der Waals surface area (Å²) in [6.07, 6.45) is 4.24. The van der Waals surface area contributed by atoms with E-state index in [1.807, 2.05) is 0 Å². The second kappa shape index (κ2) is 7.49. The van der Waals surface area contributed by atoms with Crippen molar-refractivity contribution in [2.75, 3.05) is 27.7 Å². The van der Waals surface area contributed by atoms with Crippen molar-refractivity contribution in [3.63, 3.8) is 0 Å². The molecule has 0 aliphatic heterocycles. The molecule has 1 atom stereocenters. The summed E-state index contributed by atoms with van der Waals surface area (Å²) in [7, 11) is 6.48. The monoisotopic (exact) mass is 241 g/mol. The third kappa shape index (κ3) is 7.97. The molecule has 0 aromatic carbocycles. The number of hydrogen-bond donors (Lipinski definition) is 0. The number of rotatable bonds is 8. The highest BCUT2D eigenvalue weighted by Gasteiger charge is 2.17. The molecule has 0 bridgehead atoms. The van der Waals surface area contributed by atoms with E-state index >= 15 is 0 Å². The van der Waals surface area contributed by atoms with Gasteiger partial charge in [-0.25, -0.2) is 4.79 Å². The molecular weight excluding hydrogens is 214 g/mol. The average Bonchev–Trinajstić information content (AvgIpc) is 2.20. The summed E-state index contributed by atoms with van der Waals surface area (Å²) < 4.78 is 5.91. The van der Waals surface area contributed by atoms with E-state index in [4.69, 9.17) is 4.74 Å². The second-order valence-electron chi connectivity index (χ2n) is 5.54. The number of esters is 1. The molecular formula is C14H27NO2+. The third-order valence-electron chi connectivity index (χ3n) is 2.86. The fraction of sp³-hybridized carbons (Fsp3) is 0.714. The van der Waals surface area contributed by atoms with E-state index in [-0.39, 0.29) is 5.97 Å². The van der Waals surface area contributed by atoms with Gasteiger partial charge < -0.3 is 9.22 Å². The number of carbonyl (C=O) groups is 1. The lowest BCUT2D eigenvalue weighted by molar-refractivity contribution is -0.890. The standard InChI is InChI=1S/C14H27NO2/c1-12(2)14(16)17-11-9-7-8-10-13(3)15(4,5)6/h13H,1,3,7-11H2,2,4-6H3/q+1. The summed E-state index contributed by atoms with van der Waals surface area (Å²) in [6.45, 7) is 9.85. The minimum Gasteiger partial charge on any atom is -0.462 e. The molecule has 1 radical (unpaired) electrons. The van der Waals surface area contributed by atoms with Crippen molar-refractivity contribution >= 4 is 5.97 Å².